The fourth-order valence-electron chi connectivity index (χ4n) is 1.24. The zero-order valence-corrected chi connectivity index (χ0v) is 9.96. The highest BCUT2D eigenvalue weighted by molar-refractivity contribution is 9.11. The number of hydrogen-bond acceptors (Lipinski definition) is 4. The average Bonchev–Trinajstić information content (AvgIpc) is 2.28. The Balaban J connectivity index is 2.87. The molecule has 1 aliphatic heterocycles. The number of allylic oxidation sites excluding steroid dienone is 1. The first-order chi connectivity index (χ1) is 6.66. The molecule has 1 heterocycles. The van der Waals surface area contributed by atoms with Gasteiger partial charge >= 0.3 is 0 Å². The summed E-state index contributed by atoms with van der Waals surface area (Å²) < 4.78 is 16.5. The Kier molecular flexibility index (Phi) is 4.37. The van der Waals surface area contributed by atoms with Crippen LogP contribution in [0.4, 0.5) is 0 Å². The maximum atomic E-state index is 9.90. The molecule has 82 valence electrons. The van der Waals surface area contributed by atoms with Gasteiger partial charge in [-0.2, -0.15) is 0 Å². The lowest BCUT2D eigenvalue weighted by atomic mass is 10.2. The molecule has 4 nitrogen and oxygen atoms in total. The summed E-state index contributed by atoms with van der Waals surface area (Å²) in [6, 6.07) is 0. The third-order valence-electron chi connectivity index (χ3n) is 2.11. The molecule has 1 saturated heterocycles. The molecule has 0 spiro atoms. The van der Waals surface area contributed by atoms with Crippen LogP contribution < -0.4 is 0 Å². The van der Waals surface area contributed by atoms with Gasteiger partial charge in [0.15, 0.2) is 5.76 Å². The Morgan fingerprint density at radius 2 is 2.29 bits per heavy atom. The Hall–Kier alpha value is -0.100. The van der Waals surface area contributed by atoms with Gasteiger partial charge in [0.2, 0.25) is 0 Å². The van der Waals surface area contributed by atoms with Crippen LogP contribution in [0.15, 0.2) is 10.2 Å². The van der Waals surface area contributed by atoms with Gasteiger partial charge in [-0.3, -0.25) is 0 Å². The normalized spacial score (nSPS) is 29.9. The van der Waals surface area contributed by atoms with E-state index in [9.17, 15) is 5.11 Å². The van der Waals surface area contributed by atoms with Crippen LogP contribution >= 0.6 is 15.9 Å². The number of methoxy groups -OCH3 is 1. The van der Waals surface area contributed by atoms with Crippen LogP contribution in [0.3, 0.4) is 0 Å². The Labute approximate surface area is 92.0 Å². The van der Waals surface area contributed by atoms with Gasteiger partial charge in [0.25, 0.3) is 5.79 Å². The summed E-state index contributed by atoms with van der Waals surface area (Å²) in [7, 11) is 1.49. The van der Waals surface area contributed by atoms with E-state index in [0.717, 1.165) is 0 Å². The predicted molar refractivity (Wildman–Crippen MR) is 55.4 cm³/mol. The fourth-order valence-corrected chi connectivity index (χ4v) is 1.54. The molecule has 0 aromatic rings. The average molecular weight is 267 g/mol. The third-order valence-corrected chi connectivity index (χ3v) is 3.05. The van der Waals surface area contributed by atoms with Crippen LogP contribution in [-0.2, 0) is 14.2 Å². The minimum atomic E-state index is -1.13. The van der Waals surface area contributed by atoms with E-state index in [1.165, 1.54) is 7.11 Å². The lowest BCUT2D eigenvalue weighted by Crippen LogP contribution is -2.46. The van der Waals surface area contributed by atoms with Crippen LogP contribution in [0, 0.1) is 0 Å². The number of rotatable bonds is 3. The molecule has 0 saturated carbocycles. The van der Waals surface area contributed by atoms with Crippen LogP contribution in [-0.4, -0.2) is 37.8 Å². The van der Waals surface area contributed by atoms with Gasteiger partial charge in [-0.1, -0.05) is 22.9 Å². The van der Waals surface area contributed by atoms with Gasteiger partial charge in [0.05, 0.1) is 13.2 Å². The van der Waals surface area contributed by atoms with Crippen molar-refractivity contribution in [3.63, 3.8) is 0 Å². The molecular formula is C9H15BrO4. The second-order valence-electron chi connectivity index (χ2n) is 2.97. The molecule has 0 aromatic carbocycles. The molecule has 1 fully saturated rings. The van der Waals surface area contributed by atoms with Crippen molar-refractivity contribution in [3.05, 3.63) is 10.2 Å². The van der Waals surface area contributed by atoms with E-state index in [1.54, 1.807) is 0 Å². The number of aliphatic hydroxyl groups excluding tert-OH is 1. The Bertz CT molecular complexity index is 221. The third kappa shape index (κ3) is 2.28. The zero-order valence-electron chi connectivity index (χ0n) is 8.38. The van der Waals surface area contributed by atoms with Crippen LogP contribution in [0.1, 0.15) is 13.3 Å². The van der Waals surface area contributed by atoms with E-state index in [4.69, 9.17) is 14.2 Å². The topological polar surface area (TPSA) is 47.9 Å². The summed E-state index contributed by atoms with van der Waals surface area (Å²) in [5, 5.41) is 9.90. The highest BCUT2D eigenvalue weighted by Crippen LogP contribution is 2.29. The van der Waals surface area contributed by atoms with Crippen LogP contribution in [0.5, 0.6) is 0 Å². The molecular weight excluding hydrogens is 252 g/mol. The molecule has 0 amide bonds. The van der Waals surface area contributed by atoms with Crippen molar-refractivity contribution in [1.29, 1.82) is 0 Å². The summed E-state index contributed by atoms with van der Waals surface area (Å²) in [6.07, 6.45) is 0.681. The van der Waals surface area contributed by atoms with Crippen molar-refractivity contribution in [2.45, 2.75) is 19.1 Å². The molecule has 5 heteroatoms. The minimum absolute atomic E-state index is 0.0576. The van der Waals surface area contributed by atoms with Crippen molar-refractivity contribution in [3.8, 4) is 0 Å². The second kappa shape index (κ2) is 5.11. The summed E-state index contributed by atoms with van der Waals surface area (Å²) in [5.74, 6) is -1.07. The van der Waals surface area contributed by atoms with E-state index < -0.39 is 5.79 Å². The first-order valence-corrected chi connectivity index (χ1v) is 5.30. The first-order valence-electron chi connectivity index (χ1n) is 4.51. The molecule has 0 radical (unpaired) electrons. The predicted octanol–water partition coefficient (Wildman–Crippen LogP) is 1.95. The van der Waals surface area contributed by atoms with Gasteiger partial charge in [-0.25, -0.2) is 0 Å². The van der Waals surface area contributed by atoms with E-state index in [0.29, 0.717) is 24.1 Å². The van der Waals surface area contributed by atoms with Gasteiger partial charge in [-0.05, 0) is 6.42 Å². The summed E-state index contributed by atoms with van der Waals surface area (Å²) in [4.78, 5) is 0. The molecule has 1 rings (SSSR count). The van der Waals surface area contributed by atoms with Gasteiger partial charge < -0.3 is 19.3 Å². The fraction of sp³-hybridized carbons (Fsp3) is 0.778. The highest BCUT2D eigenvalue weighted by atomic mass is 79.9. The van der Waals surface area contributed by atoms with Crippen molar-refractivity contribution >= 4 is 15.9 Å². The van der Waals surface area contributed by atoms with Crippen molar-refractivity contribution in [2.24, 2.45) is 0 Å². The lowest BCUT2D eigenvalue weighted by molar-refractivity contribution is -0.272. The number of halogens is 1. The highest BCUT2D eigenvalue weighted by Gasteiger charge is 2.40. The quantitative estimate of drug-likeness (QED) is 0.794. The summed E-state index contributed by atoms with van der Waals surface area (Å²) in [5.41, 5.74) is 0. The SMILES string of the molecule is CC/C(Br)=C(/O)C1(OC)COCCO1. The molecule has 0 aliphatic carbocycles. The number of aliphatic hydroxyl groups is 1. The van der Waals surface area contributed by atoms with Crippen molar-refractivity contribution in [2.75, 3.05) is 26.9 Å². The Morgan fingerprint density at radius 3 is 2.71 bits per heavy atom. The molecule has 1 atom stereocenters. The molecule has 0 aromatic heterocycles. The summed E-state index contributed by atoms with van der Waals surface area (Å²) in [6.45, 7) is 3.09. The monoisotopic (exact) mass is 266 g/mol. The van der Waals surface area contributed by atoms with Crippen molar-refractivity contribution in [1.82, 2.24) is 0 Å². The van der Waals surface area contributed by atoms with E-state index in [-0.39, 0.29) is 12.4 Å². The van der Waals surface area contributed by atoms with Gasteiger partial charge in [0.1, 0.15) is 6.61 Å². The standard InChI is InChI=1S/C9H15BrO4/c1-3-7(10)8(11)9(12-2)6-13-4-5-14-9/h11H,3-6H2,1-2H3/b8-7-. The minimum Gasteiger partial charge on any atom is -0.506 e. The molecule has 1 unspecified atom stereocenters. The first kappa shape index (κ1) is 12.0. The second-order valence-corrected chi connectivity index (χ2v) is 3.92. The van der Waals surface area contributed by atoms with E-state index >= 15 is 0 Å². The molecule has 14 heavy (non-hydrogen) atoms. The Morgan fingerprint density at radius 1 is 1.57 bits per heavy atom. The molecule has 0 bridgehead atoms. The van der Waals surface area contributed by atoms with E-state index in [1.807, 2.05) is 6.92 Å². The largest absolute Gasteiger partial charge is 0.506 e. The number of hydrogen-bond donors (Lipinski definition) is 1. The van der Waals surface area contributed by atoms with Gasteiger partial charge in [0, 0.05) is 11.6 Å². The summed E-state index contributed by atoms with van der Waals surface area (Å²) >= 11 is 3.27. The maximum Gasteiger partial charge on any atom is 0.252 e. The van der Waals surface area contributed by atoms with Crippen LogP contribution in [0.25, 0.3) is 0 Å². The van der Waals surface area contributed by atoms with Crippen LogP contribution in [0.2, 0.25) is 0 Å². The maximum absolute atomic E-state index is 9.90. The molecule has 1 N–H and O–H groups in total. The van der Waals surface area contributed by atoms with E-state index in [2.05, 4.69) is 15.9 Å². The molecule has 1 aliphatic rings. The van der Waals surface area contributed by atoms with Gasteiger partial charge in [-0.15, -0.1) is 0 Å². The number of ether oxygens (including phenoxy) is 3. The van der Waals surface area contributed by atoms with Crippen molar-refractivity contribution < 1.29 is 19.3 Å². The lowest BCUT2D eigenvalue weighted by Gasteiger charge is -2.35. The smallest absolute Gasteiger partial charge is 0.252 e. The zero-order chi connectivity index (χ0) is 10.6.